The van der Waals surface area contributed by atoms with Crippen LogP contribution in [0.25, 0.3) is 10.2 Å². The summed E-state index contributed by atoms with van der Waals surface area (Å²) in [5, 5.41) is 0.739. The minimum atomic E-state index is 0. The van der Waals surface area contributed by atoms with Crippen molar-refractivity contribution in [3.63, 3.8) is 0 Å². The Labute approximate surface area is 199 Å². The Morgan fingerprint density at radius 1 is 1.10 bits per heavy atom. The molecule has 0 aliphatic heterocycles. The van der Waals surface area contributed by atoms with Gasteiger partial charge in [0, 0.05) is 18.0 Å². The molecule has 0 saturated heterocycles. The number of thiazole rings is 1. The molecule has 0 N–H and O–H groups in total. The van der Waals surface area contributed by atoms with Gasteiger partial charge < -0.3 is 9.64 Å². The number of aryl methyl sites for hydroxylation is 1. The Hall–Kier alpha value is -1.80. The van der Waals surface area contributed by atoms with E-state index in [1.165, 1.54) is 0 Å². The monoisotopic (exact) mass is 479 g/mol. The first-order valence-corrected chi connectivity index (χ1v) is 12.0. The Balaban J connectivity index is 0.00000341. The summed E-state index contributed by atoms with van der Waals surface area (Å²) >= 11 is 3.13. The number of fused-ring (bicyclic) bond motifs is 1. The van der Waals surface area contributed by atoms with Gasteiger partial charge in [-0.3, -0.25) is 9.69 Å². The number of thioether (sulfide) groups is 1. The van der Waals surface area contributed by atoms with Crippen molar-refractivity contribution in [1.29, 1.82) is 0 Å². The number of ether oxygens (including phenoxy) is 1. The number of nitrogens with zero attached hydrogens (tertiary/aromatic N) is 3. The number of rotatable bonds is 10. The Morgan fingerprint density at radius 2 is 1.81 bits per heavy atom. The number of hydrogen-bond donors (Lipinski definition) is 0. The van der Waals surface area contributed by atoms with E-state index in [1.807, 2.05) is 47.4 Å². The molecule has 0 bridgehead atoms. The normalized spacial score (nSPS) is 10.9. The SMILES string of the molecule is CCN(CC)CCN(C(=O)CSc1ccccc1)c1nc2c(OC)ccc(C)c2s1.Cl. The van der Waals surface area contributed by atoms with E-state index in [0.29, 0.717) is 12.3 Å². The van der Waals surface area contributed by atoms with Gasteiger partial charge in [-0.1, -0.05) is 49.4 Å². The zero-order valence-corrected chi connectivity index (χ0v) is 20.9. The van der Waals surface area contributed by atoms with Gasteiger partial charge in [-0.2, -0.15) is 0 Å². The molecule has 3 aromatic rings. The Kier molecular flexibility index (Phi) is 10.1. The molecular formula is C23H30ClN3O2S2. The maximum absolute atomic E-state index is 13.2. The number of hydrogen-bond acceptors (Lipinski definition) is 6. The number of aromatic nitrogens is 1. The maximum atomic E-state index is 13.2. The van der Waals surface area contributed by atoms with Crippen LogP contribution >= 0.6 is 35.5 Å². The zero-order chi connectivity index (χ0) is 21.5. The summed E-state index contributed by atoms with van der Waals surface area (Å²) in [6.07, 6.45) is 0. The molecule has 0 radical (unpaired) electrons. The fourth-order valence-corrected chi connectivity index (χ4v) is 5.12. The lowest BCUT2D eigenvalue weighted by Gasteiger charge is -2.24. The number of halogens is 1. The predicted molar refractivity (Wildman–Crippen MR) is 135 cm³/mol. The molecule has 5 nitrogen and oxygen atoms in total. The Bertz CT molecular complexity index is 978. The lowest BCUT2D eigenvalue weighted by molar-refractivity contribution is -0.116. The van der Waals surface area contributed by atoms with Crippen LogP contribution in [-0.4, -0.2) is 54.8 Å². The van der Waals surface area contributed by atoms with Crippen molar-refractivity contribution >= 4 is 56.8 Å². The molecule has 2 aromatic carbocycles. The van der Waals surface area contributed by atoms with Gasteiger partial charge in [0.05, 0.1) is 17.6 Å². The second-order valence-electron chi connectivity index (χ2n) is 6.93. The highest BCUT2D eigenvalue weighted by molar-refractivity contribution is 8.00. The van der Waals surface area contributed by atoms with E-state index >= 15 is 0 Å². The minimum absolute atomic E-state index is 0. The summed E-state index contributed by atoms with van der Waals surface area (Å²) in [7, 11) is 1.66. The van der Waals surface area contributed by atoms with Gasteiger partial charge in [0.15, 0.2) is 5.13 Å². The standard InChI is InChI=1S/C23H29N3O2S2.ClH/c1-5-25(6-2)14-15-26(20(27)16-29-18-10-8-7-9-11-18)23-24-21-19(28-4)13-12-17(3)22(21)30-23;/h7-13H,5-6,14-16H2,1-4H3;1H. The van der Waals surface area contributed by atoms with Crippen LogP contribution in [0.15, 0.2) is 47.4 Å². The fourth-order valence-electron chi connectivity index (χ4n) is 3.23. The largest absolute Gasteiger partial charge is 0.494 e. The average Bonchev–Trinajstić information content (AvgIpc) is 3.22. The number of likely N-dealkylation sites (N-methyl/N-ethyl adjacent to an activating group) is 1. The van der Waals surface area contributed by atoms with Gasteiger partial charge in [-0.15, -0.1) is 24.2 Å². The molecule has 0 aliphatic rings. The van der Waals surface area contributed by atoms with Crippen molar-refractivity contribution in [2.24, 2.45) is 0 Å². The van der Waals surface area contributed by atoms with Gasteiger partial charge in [0.2, 0.25) is 5.91 Å². The highest BCUT2D eigenvalue weighted by Gasteiger charge is 2.22. The highest BCUT2D eigenvalue weighted by Crippen LogP contribution is 2.36. The van der Waals surface area contributed by atoms with E-state index in [0.717, 1.165) is 51.2 Å². The zero-order valence-electron chi connectivity index (χ0n) is 18.5. The molecule has 31 heavy (non-hydrogen) atoms. The van der Waals surface area contributed by atoms with Gasteiger partial charge in [0.1, 0.15) is 11.3 Å². The summed E-state index contributed by atoms with van der Waals surface area (Å²) in [4.78, 5) is 23.3. The van der Waals surface area contributed by atoms with Gasteiger partial charge in [0.25, 0.3) is 0 Å². The molecule has 0 aliphatic carbocycles. The summed E-state index contributed by atoms with van der Waals surface area (Å²) in [5.74, 6) is 1.20. The van der Waals surface area contributed by atoms with Crippen LogP contribution < -0.4 is 9.64 Å². The topological polar surface area (TPSA) is 45.7 Å². The quantitative estimate of drug-likeness (QED) is 0.359. The third-order valence-electron chi connectivity index (χ3n) is 5.08. The molecule has 1 heterocycles. The second kappa shape index (κ2) is 12.3. The molecule has 0 fully saturated rings. The van der Waals surface area contributed by atoms with Crippen LogP contribution in [0.1, 0.15) is 19.4 Å². The number of methoxy groups -OCH3 is 1. The smallest absolute Gasteiger partial charge is 0.239 e. The molecule has 3 rings (SSSR count). The molecule has 8 heteroatoms. The van der Waals surface area contributed by atoms with E-state index in [-0.39, 0.29) is 18.3 Å². The second-order valence-corrected chi connectivity index (χ2v) is 8.96. The minimum Gasteiger partial charge on any atom is -0.494 e. The molecule has 1 aromatic heterocycles. The maximum Gasteiger partial charge on any atom is 0.239 e. The van der Waals surface area contributed by atoms with Crippen LogP contribution in [-0.2, 0) is 4.79 Å². The first-order valence-electron chi connectivity index (χ1n) is 10.2. The molecule has 0 atom stereocenters. The van der Waals surface area contributed by atoms with Crippen molar-refractivity contribution < 1.29 is 9.53 Å². The lowest BCUT2D eigenvalue weighted by atomic mass is 10.2. The number of anilines is 1. The number of benzene rings is 2. The van der Waals surface area contributed by atoms with Crippen molar-refractivity contribution in [1.82, 2.24) is 9.88 Å². The van der Waals surface area contributed by atoms with Gasteiger partial charge in [-0.05, 0) is 43.8 Å². The Morgan fingerprint density at radius 3 is 2.45 bits per heavy atom. The molecule has 1 amide bonds. The molecule has 0 unspecified atom stereocenters. The van der Waals surface area contributed by atoms with Crippen LogP contribution in [0.5, 0.6) is 5.75 Å². The first kappa shape index (κ1) is 25.5. The van der Waals surface area contributed by atoms with E-state index in [2.05, 4.69) is 25.7 Å². The van der Waals surface area contributed by atoms with E-state index in [9.17, 15) is 4.79 Å². The van der Waals surface area contributed by atoms with Crippen LogP contribution in [0.4, 0.5) is 5.13 Å². The van der Waals surface area contributed by atoms with E-state index < -0.39 is 0 Å². The van der Waals surface area contributed by atoms with Crippen LogP contribution in [0.3, 0.4) is 0 Å². The molecule has 168 valence electrons. The van der Waals surface area contributed by atoms with E-state index in [1.54, 1.807) is 30.2 Å². The molecule has 0 spiro atoms. The third-order valence-corrected chi connectivity index (χ3v) is 7.29. The first-order chi connectivity index (χ1) is 14.6. The lowest BCUT2D eigenvalue weighted by Crippen LogP contribution is -2.39. The summed E-state index contributed by atoms with van der Waals surface area (Å²) in [5.41, 5.74) is 1.97. The van der Waals surface area contributed by atoms with Crippen molar-refractivity contribution in [2.45, 2.75) is 25.7 Å². The number of amides is 1. The van der Waals surface area contributed by atoms with Gasteiger partial charge in [-0.25, -0.2) is 4.98 Å². The number of carbonyl (C=O) groups is 1. The summed E-state index contributed by atoms with van der Waals surface area (Å²) in [6.45, 7) is 9.72. The fraction of sp³-hybridized carbons (Fsp3) is 0.391. The van der Waals surface area contributed by atoms with Crippen molar-refractivity contribution in [2.75, 3.05) is 43.9 Å². The summed E-state index contributed by atoms with van der Waals surface area (Å²) < 4.78 is 6.57. The number of carbonyl (C=O) groups excluding carboxylic acids is 1. The van der Waals surface area contributed by atoms with Crippen LogP contribution in [0.2, 0.25) is 0 Å². The molecular weight excluding hydrogens is 450 g/mol. The van der Waals surface area contributed by atoms with E-state index in [4.69, 9.17) is 9.72 Å². The van der Waals surface area contributed by atoms with Gasteiger partial charge >= 0.3 is 0 Å². The predicted octanol–water partition coefficient (Wildman–Crippen LogP) is 5.50. The van der Waals surface area contributed by atoms with Crippen molar-refractivity contribution in [3.05, 3.63) is 48.0 Å². The molecule has 0 saturated carbocycles. The highest BCUT2D eigenvalue weighted by atomic mass is 35.5. The third kappa shape index (κ3) is 6.35. The van der Waals surface area contributed by atoms with Crippen LogP contribution in [0, 0.1) is 6.92 Å². The summed E-state index contributed by atoms with van der Waals surface area (Å²) in [6, 6.07) is 14.0. The average molecular weight is 480 g/mol. The van der Waals surface area contributed by atoms with Crippen molar-refractivity contribution in [3.8, 4) is 5.75 Å².